The minimum absolute atomic E-state index is 0.251. The van der Waals surface area contributed by atoms with Crippen LogP contribution in [0.4, 0.5) is 5.13 Å². The summed E-state index contributed by atoms with van der Waals surface area (Å²) in [6.07, 6.45) is 4.49. The molecule has 5 rings (SSSR count). The maximum Gasteiger partial charge on any atom is 0.253 e. The Hall–Kier alpha value is -2.66. The molecule has 1 amide bonds. The molecule has 32 heavy (non-hydrogen) atoms. The summed E-state index contributed by atoms with van der Waals surface area (Å²) in [5.74, 6) is -0.251. The largest absolute Gasteiger partial charge is 0.282 e. The van der Waals surface area contributed by atoms with Gasteiger partial charge in [0, 0.05) is 18.9 Å². The number of aromatic nitrogens is 2. The molecule has 1 unspecified atom stereocenters. The van der Waals surface area contributed by atoms with E-state index >= 15 is 0 Å². The van der Waals surface area contributed by atoms with Crippen LogP contribution in [0.15, 0.2) is 70.5 Å². The van der Waals surface area contributed by atoms with Gasteiger partial charge in [0.05, 0.1) is 16.8 Å². The molecule has 1 aliphatic heterocycles. The molecule has 3 aromatic heterocycles. The predicted octanol–water partition coefficient (Wildman–Crippen LogP) is 4.14. The fraction of sp³-hybridized carbons (Fsp3) is 0.227. The molecule has 164 valence electrons. The number of thiazole rings is 1. The van der Waals surface area contributed by atoms with Crippen LogP contribution in [-0.4, -0.2) is 41.2 Å². The molecule has 1 atom stereocenters. The van der Waals surface area contributed by atoms with Crippen molar-refractivity contribution in [3.05, 3.63) is 71.9 Å². The first-order valence-electron chi connectivity index (χ1n) is 10.2. The van der Waals surface area contributed by atoms with Crippen LogP contribution >= 0.6 is 22.7 Å². The van der Waals surface area contributed by atoms with E-state index in [-0.39, 0.29) is 10.1 Å². The van der Waals surface area contributed by atoms with E-state index in [1.165, 1.54) is 27.0 Å². The van der Waals surface area contributed by atoms with Crippen molar-refractivity contribution in [2.45, 2.75) is 29.6 Å². The summed E-state index contributed by atoms with van der Waals surface area (Å²) in [5.41, 5.74) is 1.72. The van der Waals surface area contributed by atoms with Crippen LogP contribution in [0.25, 0.3) is 10.2 Å². The molecule has 0 spiro atoms. The van der Waals surface area contributed by atoms with Gasteiger partial charge in [-0.3, -0.25) is 14.7 Å². The van der Waals surface area contributed by atoms with E-state index in [0.29, 0.717) is 31.1 Å². The molecule has 7 nitrogen and oxygen atoms in total. The maximum atomic E-state index is 13.8. The lowest BCUT2D eigenvalue weighted by molar-refractivity contribution is -0.121. The van der Waals surface area contributed by atoms with E-state index in [4.69, 9.17) is 0 Å². The van der Waals surface area contributed by atoms with Gasteiger partial charge < -0.3 is 0 Å². The minimum atomic E-state index is -3.73. The Balaban J connectivity index is 1.52. The van der Waals surface area contributed by atoms with Crippen LogP contribution in [-0.2, 0) is 21.4 Å². The second kappa shape index (κ2) is 8.70. The van der Waals surface area contributed by atoms with E-state index in [2.05, 4.69) is 9.97 Å². The minimum Gasteiger partial charge on any atom is -0.282 e. The van der Waals surface area contributed by atoms with Gasteiger partial charge in [-0.15, -0.1) is 11.3 Å². The number of sulfonamides is 1. The van der Waals surface area contributed by atoms with Crippen molar-refractivity contribution in [2.75, 3.05) is 11.4 Å². The average Bonchev–Trinajstić information content (AvgIpc) is 3.57. The van der Waals surface area contributed by atoms with Crippen molar-refractivity contribution < 1.29 is 13.2 Å². The highest BCUT2D eigenvalue weighted by Crippen LogP contribution is 2.34. The topological polar surface area (TPSA) is 83.5 Å². The first kappa shape index (κ1) is 21.2. The van der Waals surface area contributed by atoms with Gasteiger partial charge in [-0.1, -0.05) is 29.5 Å². The molecule has 0 bridgehead atoms. The van der Waals surface area contributed by atoms with Gasteiger partial charge >= 0.3 is 0 Å². The number of rotatable bonds is 6. The Morgan fingerprint density at radius 1 is 1.12 bits per heavy atom. The second-order valence-electron chi connectivity index (χ2n) is 7.45. The number of benzene rings is 1. The first-order chi connectivity index (χ1) is 15.5. The summed E-state index contributed by atoms with van der Waals surface area (Å²) in [6.45, 7) is 0.629. The molecule has 1 saturated heterocycles. The Kier molecular flexibility index (Phi) is 5.76. The van der Waals surface area contributed by atoms with Crippen LogP contribution in [0.1, 0.15) is 18.4 Å². The molecule has 0 aliphatic carbocycles. The number of amides is 1. The number of hydrogen-bond acceptors (Lipinski definition) is 7. The fourth-order valence-corrected chi connectivity index (χ4v) is 7.61. The van der Waals surface area contributed by atoms with Gasteiger partial charge in [0.1, 0.15) is 10.3 Å². The van der Waals surface area contributed by atoms with Gasteiger partial charge in [-0.2, -0.15) is 4.31 Å². The smallest absolute Gasteiger partial charge is 0.253 e. The van der Waals surface area contributed by atoms with E-state index in [9.17, 15) is 13.2 Å². The van der Waals surface area contributed by atoms with Gasteiger partial charge in [0.25, 0.3) is 10.0 Å². The molecule has 0 radical (unpaired) electrons. The lowest BCUT2D eigenvalue weighted by Crippen LogP contribution is -2.47. The molecular formula is C22H20N4O3S3. The van der Waals surface area contributed by atoms with E-state index < -0.39 is 16.1 Å². The molecule has 4 heterocycles. The van der Waals surface area contributed by atoms with Crippen molar-refractivity contribution in [1.82, 2.24) is 14.3 Å². The van der Waals surface area contributed by atoms with Gasteiger partial charge in [0.2, 0.25) is 5.91 Å². The highest BCUT2D eigenvalue weighted by Gasteiger charge is 2.42. The van der Waals surface area contributed by atoms with Crippen molar-refractivity contribution in [1.29, 1.82) is 0 Å². The number of nitrogens with zero attached hydrogens (tertiary/aromatic N) is 4. The summed E-state index contributed by atoms with van der Waals surface area (Å²) in [4.78, 5) is 24.2. The van der Waals surface area contributed by atoms with Crippen LogP contribution < -0.4 is 4.90 Å². The summed E-state index contributed by atoms with van der Waals surface area (Å²) in [5, 5.41) is 2.30. The number of pyridine rings is 1. The Morgan fingerprint density at radius 2 is 1.94 bits per heavy atom. The summed E-state index contributed by atoms with van der Waals surface area (Å²) < 4.78 is 29.0. The highest BCUT2D eigenvalue weighted by atomic mass is 32.2. The van der Waals surface area contributed by atoms with Crippen LogP contribution in [0.5, 0.6) is 0 Å². The van der Waals surface area contributed by atoms with E-state index in [1.54, 1.807) is 34.8 Å². The van der Waals surface area contributed by atoms with Gasteiger partial charge in [-0.05, 0) is 54.1 Å². The van der Waals surface area contributed by atoms with Gasteiger partial charge in [0.15, 0.2) is 5.13 Å². The zero-order valence-corrected chi connectivity index (χ0v) is 19.4. The molecule has 1 aromatic carbocycles. The molecule has 10 heteroatoms. The molecule has 1 aliphatic rings. The SMILES string of the molecule is O=C(C1CCCN1S(=O)(=O)c1cccs1)N(Cc1ccncc1)c1nc2ccccc2s1. The monoisotopic (exact) mass is 484 g/mol. The Labute approximate surface area is 194 Å². The molecule has 0 saturated carbocycles. The number of anilines is 1. The van der Waals surface area contributed by atoms with Gasteiger partial charge in [-0.25, -0.2) is 13.4 Å². The average molecular weight is 485 g/mol. The molecular weight excluding hydrogens is 464 g/mol. The maximum absolute atomic E-state index is 13.8. The number of hydrogen-bond donors (Lipinski definition) is 0. The lowest BCUT2D eigenvalue weighted by Gasteiger charge is -2.28. The summed E-state index contributed by atoms with van der Waals surface area (Å²) in [7, 11) is -3.73. The number of carbonyl (C=O) groups is 1. The Morgan fingerprint density at radius 3 is 2.69 bits per heavy atom. The normalized spacial score (nSPS) is 17.1. The number of carbonyl (C=O) groups excluding carboxylic acids is 1. The summed E-state index contributed by atoms with van der Waals surface area (Å²) >= 11 is 2.60. The van der Waals surface area contributed by atoms with Crippen LogP contribution in [0, 0.1) is 0 Å². The van der Waals surface area contributed by atoms with Crippen molar-refractivity contribution >= 4 is 54.0 Å². The zero-order valence-electron chi connectivity index (χ0n) is 17.0. The van der Waals surface area contributed by atoms with Crippen molar-refractivity contribution in [2.24, 2.45) is 0 Å². The predicted molar refractivity (Wildman–Crippen MR) is 126 cm³/mol. The van der Waals surface area contributed by atoms with Crippen molar-refractivity contribution in [3.63, 3.8) is 0 Å². The summed E-state index contributed by atoms with van der Waals surface area (Å²) in [6, 6.07) is 14.0. The van der Waals surface area contributed by atoms with Crippen molar-refractivity contribution in [3.8, 4) is 0 Å². The van der Waals surface area contributed by atoms with Crippen LogP contribution in [0.3, 0.4) is 0 Å². The molecule has 4 aromatic rings. The second-order valence-corrected chi connectivity index (χ2v) is 11.5. The fourth-order valence-electron chi connectivity index (χ4n) is 3.87. The van der Waals surface area contributed by atoms with E-state index in [1.807, 2.05) is 36.4 Å². The third kappa shape index (κ3) is 3.95. The van der Waals surface area contributed by atoms with E-state index in [0.717, 1.165) is 15.8 Å². The lowest BCUT2D eigenvalue weighted by atomic mass is 10.2. The first-order valence-corrected chi connectivity index (χ1v) is 13.3. The Bertz CT molecular complexity index is 1300. The standard InChI is InChI=1S/C22H20N4O3S3/c27-21(18-6-3-13-26(18)32(28,29)20-8-4-14-30-20)25(15-16-9-11-23-12-10-16)22-24-17-5-1-2-7-19(17)31-22/h1-2,4-5,7-12,14,18H,3,6,13,15H2. The number of thiophene rings is 1. The number of fused-ring (bicyclic) bond motifs is 1. The molecule has 0 N–H and O–H groups in total. The quantitative estimate of drug-likeness (QED) is 0.411. The zero-order chi connectivity index (χ0) is 22.1. The third-order valence-electron chi connectivity index (χ3n) is 5.42. The number of para-hydroxylation sites is 1. The van der Waals surface area contributed by atoms with Crippen LogP contribution in [0.2, 0.25) is 0 Å². The highest BCUT2D eigenvalue weighted by molar-refractivity contribution is 7.91. The molecule has 1 fully saturated rings. The third-order valence-corrected chi connectivity index (χ3v) is 9.76.